The first-order valence-corrected chi connectivity index (χ1v) is 8.53. The number of hydrogen-bond acceptors (Lipinski definition) is 2. The number of amidine groups is 1. The van der Waals surface area contributed by atoms with Crippen molar-refractivity contribution >= 4 is 11.9 Å². The zero-order valence-electron chi connectivity index (χ0n) is 15.4. The maximum Gasteiger partial charge on any atom is 0.295 e. The molecule has 2 rings (SSSR count). The van der Waals surface area contributed by atoms with E-state index in [0.29, 0.717) is 30.7 Å². The fraction of sp³-hybridized carbons (Fsp3) is 0.333. The van der Waals surface area contributed by atoms with Crippen molar-refractivity contribution in [1.29, 1.82) is 0 Å². The molecule has 0 radical (unpaired) electrons. The highest BCUT2D eigenvalue weighted by Crippen LogP contribution is 2.09. The molecule has 0 fully saturated rings. The monoisotopic (exact) mass is 338 g/mol. The Balaban J connectivity index is 2.20. The number of benzene rings is 2. The topological polar surface area (TPSA) is 41.9 Å². The van der Waals surface area contributed by atoms with Crippen molar-refractivity contribution in [2.45, 2.75) is 27.3 Å². The van der Waals surface area contributed by atoms with Gasteiger partial charge in [0.2, 0.25) is 0 Å². The minimum atomic E-state index is -0.289. The standard InChI is InChI=1S/C21H26N2O2/c1-16(2)15-25-21(23(4)14-18-10-6-5-7-11-18)22-20(24)19-12-8-9-17(3)13-19/h5-13,16H,14-15H2,1-4H3. The fourth-order valence-electron chi connectivity index (χ4n) is 2.32. The van der Waals surface area contributed by atoms with Crippen LogP contribution in [0.15, 0.2) is 59.6 Å². The van der Waals surface area contributed by atoms with Crippen molar-refractivity contribution in [1.82, 2.24) is 4.90 Å². The van der Waals surface area contributed by atoms with E-state index in [1.165, 1.54) is 0 Å². The summed E-state index contributed by atoms with van der Waals surface area (Å²) in [5.41, 5.74) is 2.73. The van der Waals surface area contributed by atoms with E-state index in [0.717, 1.165) is 11.1 Å². The lowest BCUT2D eigenvalue weighted by atomic mass is 10.1. The molecule has 0 N–H and O–H groups in total. The van der Waals surface area contributed by atoms with E-state index < -0.39 is 0 Å². The molecular formula is C21H26N2O2. The number of amides is 1. The molecule has 0 aliphatic heterocycles. The summed E-state index contributed by atoms with van der Waals surface area (Å²) in [4.78, 5) is 18.6. The van der Waals surface area contributed by atoms with Crippen LogP contribution in [0.5, 0.6) is 0 Å². The third-order valence-corrected chi connectivity index (χ3v) is 3.60. The molecule has 0 saturated carbocycles. The highest BCUT2D eigenvalue weighted by molar-refractivity contribution is 6.01. The molecule has 0 spiro atoms. The molecule has 2 aromatic carbocycles. The van der Waals surface area contributed by atoms with Gasteiger partial charge in [-0.15, -0.1) is 0 Å². The van der Waals surface area contributed by atoms with E-state index in [1.807, 2.05) is 67.4 Å². The van der Waals surface area contributed by atoms with Gasteiger partial charge in [-0.2, -0.15) is 4.99 Å². The number of aryl methyl sites for hydroxylation is 1. The van der Waals surface area contributed by atoms with E-state index in [9.17, 15) is 4.79 Å². The molecule has 132 valence electrons. The largest absolute Gasteiger partial charge is 0.465 e. The van der Waals surface area contributed by atoms with Gasteiger partial charge in [0.15, 0.2) is 0 Å². The second-order valence-corrected chi connectivity index (χ2v) is 6.62. The summed E-state index contributed by atoms with van der Waals surface area (Å²) in [6, 6.07) is 17.8. The number of nitrogens with zero attached hydrogens (tertiary/aromatic N) is 2. The Labute approximate surface area is 150 Å². The molecule has 0 unspecified atom stereocenters. The van der Waals surface area contributed by atoms with Crippen LogP contribution in [-0.4, -0.2) is 30.5 Å². The molecule has 4 nitrogen and oxygen atoms in total. The number of ether oxygens (including phenoxy) is 1. The highest BCUT2D eigenvalue weighted by atomic mass is 16.5. The summed E-state index contributed by atoms with van der Waals surface area (Å²) in [6.45, 7) is 7.23. The van der Waals surface area contributed by atoms with Crippen LogP contribution in [0, 0.1) is 12.8 Å². The number of carbonyl (C=O) groups excluding carboxylic acids is 1. The lowest BCUT2D eigenvalue weighted by molar-refractivity contribution is 0.0992. The van der Waals surface area contributed by atoms with Gasteiger partial charge in [0, 0.05) is 19.2 Å². The van der Waals surface area contributed by atoms with Crippen LogP contribution in [0.2, 0.25) is 0 Å². The summed E-state index contributed by atoms with van der Waals surface area (Å²) < 4.78 is 5.82. The number of aliphatic imine (C=N–C) groups is 1. The molecule has 0 aliphatic rings. The smallest absolute Gasteiger partial charge is 0.295 e. The van der Waals surface area contributed by atoms with Gasteiger partial charge in [0.25, 0.3) is 11.9 Å². The van der Waals surface area contributed by atoms with E-state index >= 15 is 0 Å². The first-order chi connectivity index (χ1) is 12.0. The summed E-state index contributed by atoms with van der Waals surface area (Å²) in [6.07, 6.45) is 0. The number of rotatable bonds is 5. The van der Waals surface area contributed by atoms with Gasteiger partial charge in [-0.3, -0.25) is 4.79 Å². The molecule has 4 heteroatoms. The predicted molar refractivity (Wildman–Crippen MR) is 102 cm³/mol. The third-order valence-electron chi connectivity index (χ3n) is 3.60. The van der Waals surface area contributed by atoms with Crippen molar-refractivity contribution in [3.8, 4) is 0 Å². The van der Waals surface area contributed by atoms with Gasteiger partial charge in [-0.1, -0.05) is 61.9 Å². The Morgan fingerprint density at radius 2 is 1.84 bits per heavy atom. The maximum atomic E-state index is 12.5. The van der Waals surface area contributed by atoms with Gasteiger partial charge in [0.05, 0.1) is 6.61 Å². The Bertz CT molecular complexity index is 724. The van der Waals surface area contributed by atoms with Gasteiger partial charge in [-0.25, -0.2) is 0 Å². The van der Waals surface area contributed by atoms with Crippen LogP contribution in [0.25, 0.3) is 0 Å². The van der Waals surface area contributed by atoms with Crippen LogP contribution >= 0.6 is 0 Å². The summed E-state index contributed by atoms with van der Waals surface area (Å²) in [5, 5.41) is 0. The molecule has 2 aromatic rings. The Morgan fingerprint density at radius 3 is 2.48 bits per heavy atom. The quantitative estimate of drug-likeness (QED) is 0.603. The summed E-state index contributed by atoms with van der Waals surface area (Å²) in [5.74, 6) is 0.0618. The molecule has 0 atom stereocenters. The van der Waals surface area contributed by atoms with E-state index in [2.05, 4.69) is 18.8 Å². The molecule has 0 aliphatic carbocycles. The molecule has 0 heterocycles. The molecule has 0 aromatic heterocycles. The van der Waals surface area contributed by atoms with Crippen molar-refractivity contribution < 1.29 is 9.53 Å². The first kappa shape index (κ1) is 18.7. The molecule has 0 bridgehead atoms. The lowest BCUT2D eigenvalue weighted by Gasteiger charge is -2.22. The Kier molecular flexibility index (Phi) is 6.75. The van der Waals surface area contributed by atoms with E-state index in [1.54, 1.807) is 6.07 Å². The molecule has 1 amide bonds. The molecular weight excluding hydrogens is 312 g/mol. The Morgan fingerprint density at radius 1 is 1.12 bits per heavy atom. The number of carbonyl (C=O) groups is 1. The van der Waals surface area contributed by atoms with Crippen LogP contribution in [0.3, 0.4) is 0 Å². The van der Waals surface area contributed by atoms with Crippen molar-refractivity contribution in [2.75, 3.05) is 13.7 Å². The van der Waals surface area contributed by atoms with E-state index in [-0.39, 0.29) is 5.91 Å². The number of hydrogen-bond donors (Lipinski definition) is 0. The second-order valence-electron chi connectivity index (χ2n) is 6.62. The maximum absolute atomic E-state index is 12.5. The average Bonchev–Trinajstić information content (AvgIpc) is 2.59. The second kappa shape index (κ2) is 9.02. The van der Waals surface area contributed by atoms with Crippen molar-refractivity contribution in [3.05, 3.63) is 71.3 Å². The van der Waals surface area contributed by atoms with Crippen molar-refractivity contribution in [3.63, 3.8) is 0 Å². The SMILES string of the molecule is Cc1cccc(C(=O)N=C(OCC(C)C)N(C)Cc2ccccc2)c1. The zero-order valence-corrected chi connectivity index (χ0v) is 15.4. The molecule has 0 saturated heterocycles. The average molecular weight is 338 g/mol. The fourth-order valence-corrected chi connectivity index (χ4v) is 2.32. The zero-order chi connectivity index (χ0) is 18.2. The minimum absolute atomic E-state index is 0.289. The van der Waals surface area contributed by atoms with Crippen LogP contribution in [0.4, 0.5) is 0 Å². The van der Waals surface area contributed by atoms with Gasteiger partial charge in [0.1, 0.15) is 0 Å². The van der Waals surface area contributed by atoms with Crippen molar-refractivity contribution in [2.24, 2.45) is 10.9 Å². The normalized spacial score (nSPS) is 11.5. The van der Waals surface area contributed by atoms with E-state index in [4.69, 9.17) is 4.74 Å². The third kappa shape index (κ3) is 6.07. The van der Waals surface area contributed by atoms with Crippen LogP contribution in [-0.2, 0) is 11.3 Å². The van der Waals surface area contributed by atoms with Crippen LogP contribution < -0.4 is 0 Å². The minimum Gasteiger partial charge on any atom is -0.465 e. The predicted octanol–water partition coefficient (Wildman–Crippen LogP) is 4.30. The summed E-state index contributed by atoms with van der Waals surface area (Å²) in [7, 11) is 1.88. The molecule has 25 heavy (non-hydrogen) atoms. The lowest BCUT2D eigenvalue weighted by Crippen LogP contribution is -2.30. The van der Waals surface area contributed by atoms with Gasteiger partial charge < -0.3 is 9.64 Å². The summed E-state index contributed by atoms with van der Waals surface area (Å²) >= 11 is 0. The highest BCUT2D eigenvalue weighted by Gasteiger charge is 2.14. The van der Waals surface area contributed by atoms with Crippen LogP contribution in [0.1, 0.15) is 35.3 Å². The van der Waals surface area contributed by atoms with Gasteiger partial charge >= 0.3 is 0 Å². The first-order valence-electron chi connectivity index (χ1n) is 8.53. The Hall–Kier alpha value is -2.62. The van der Waals surface area contributed by atoms with Gasteiger partial charge in [-0.05, 0) is 30.5 Å².